The Morgan fingerprint density at radius 3 is 2.36 bits per heavy atom. The minimum atomic E-state index is -0.218. The number of anilines is 1. The number of nitrogens with one attached hydrogen (secondary N) is 3. The van der Waals surface area contributed by atoms with Crippen LogP contribution >= 0.6 is 0 Å². The maximum atomic E-state index is 12.4. The molecule has 5 nitrogen and oxygen atoms in total. The quantitative estimate of drug-likeness (QED) is 0.731. The molecule has 0 aromatic heterocycles. The van der Waals surface area contributed by atoms with E-state index in [0.717, 1.165) is 32.1 Å². The van der Waals surface area contributed by atoms with Gasteiger partial charge in [0.05, 0.1) is 6.04 Å². The van der Waals surface area contributed by atoms with E-state index in [9.17, 15) is 9.59 Å². The van der Waals surface area contributed by atoms with Crippen LogP contribution < -0.4 is 16.0 Å². The highest BCUT2D eigenvalue weighted by molar-refractivity contribution is 5.95. The molecule has 0 bridgehead atoms. The van der Waals surface area contributed by atoms with Gasteiger partial charge in [-0.15, -0.1) is 0 Å². The van der Waals surface area contributed by atoms with Crippen LogP contribution in [-0.2, 0) is 6.42 Å². The zero-order valence-electron chi connectivity index (χ0n) is 16.0. The molecule has 0 radical (unpaired) electrons. The Morgan fingerprint density at radius 1 is 0.821 bits per heavy atom. The van der Waals surface area contributed by atoms with Crippen molar-refractivity contribution in [1.82, 2.24) is 10.6 Å². The van der Waals surface area contributed by atoms with Crippen LogP contribution in [0.4, 0.5) is 10.5 Å². The SMILES string of the molecule is O=C(Nc1ccc(C(=O)NC2CCCC2)cc1)NC1CCCc2ccccc21. The van der Waals surface area contributed by atoms with Gasteiger partial charge in [-0.25, -0.2) is 4.79 Å². The normalized spacial score (nSPS) is 18.9. The zero-order valence-corrected chi connectivity index (χ0v) is 16.0. The molecule has 0 aliphatic heterocycles. The summed E-state index contributed by atoms with van der Waals surface area (Å²) in [5.74, 6) is -0.0401. The predicted octanol–water partition coefficient (Wildman–Crippen LogP) is 4.56. The molecular formula is C23H27N3O2. The summed E-state index contributed by atoms with van der Waals surface area (Å²) in [6.45, 7) is 0. The molecule has 2 aliphatic carbocycles. The third-order valence-corrected chi connectivity index (χ3v) is 5.77. The molecule has 2 aromatic rings. The van der Waals surface area contributed by atoms with E-state index >= 15 is 0 Å². The zero-order chi connectivity index (χ0) is 19.3. The Kier molecular flexibility index (Phi) is 5.60. The predicted molar refractivity (Wildman–Crippen MR) is 110 cm³/mol. The van der Waals surface area contributed by atoms with Gasteiger partial charge in [-0.05, 0) is 67.5 Å². The summed E-state index contributed by atoms with van der Waals surface area (Å²) in [4.78, 5) is 24.7. The average Bonchev–Trinajstić information content (AvgIpc) is 3.22. The molecule has 146 valence electrons. The van der Waals surface area contributed by atoms with E-state index < -0.39 is 0 Å². The molecule has 4 rings (SSSR count). The monoisotopic (exact) mass is 377 g/mol. The van der Waals surface area contributed by atoms with E-state index in [1.54, 1.807) is 24.3 Å². The van der Waals surface area contributed by atoms with Crippen molar-refractivity contribution in [3.63, 3.8) is 0 Å². The van der Waals surface area contributed by atoms with Crippen LogP contribution in [0.3, 0.4) is 0 Å². The number of hydrogen-bond donors (Lipinski definition) is 3. The number of amides is 3. The second-order valence-corrected chi connectivity index (χ2v) is 7.77. The number of rotatable bonds is 4. The van der Waals surface area contributed by atoms with Gasteiger partial charge in [0.1, 0.15) is 0 Å². The molecular weight excluding hydrogens is 350 g/mol. The summed E-state index contributed by atoms with van der Waals surface area (Å²) in [6, 6.07) is 15.5. The van der Waals surface area contributed by atoms with Crippen molar-refractivity contribution in [3.05, 3.63) is 65.2 Å². The summed E-state index contributed by atoms with van der Waals surface area (Å²) in [5, 5.41) is 9.04. The van der Waals surface area contributed by atoms with Crippen molar-refractivity contribution in [2.75, 3.05) is 5.32 Å². The molecule has 0 saturated heterocycles. The van der Waals surface area contributed by atoms with Gasteiger partial charge in [-0.2, -0.15) is 0 Å². The fourth-order valence-corrected chi connectivity index (χ4v) is 4.27. The van der Waals surface area contributed by atoms with E-state index in [4.69, 9.17) is 0 Å². The lowest BCUT2D eigenvalue weighted by Crippen LogP contribution is -2.34. The number of aryl methyl sites for hydroxylation is 1. The van der Waals surface area contributed by atoms with Crippen LogP contribution in [0.25, 0.3) is 0 Å². The number of hydrogen-bond acceptors (Lipinski definition) is 2. The molecule has 1 saturated carbocycles. The lowest BCUT2D eigenvalue weighted by molar-refractivity contribution is 0.0938. The molecule has 3 amide bonds. The van der Waals surface area contributed by atoms with Crippen LogP contribution in [0.5, 0.6) is 0 Å². The molecule has 2 aliphatic rings. The first kappa shape index (κ1) is 18.5. The van der Waals surface area contributed by atoms with Crippen LogP contribution in [0.1, 0.15) is 66.1 Å². The van der Waals surface area contributed by atoms with Crippen molar-refractivity contribution in [1.29, 1.82) is 0 Å². The van der Waals surface area contributed by atoms with Crippen molar-refractivity contribution in [2.24, 2.45) is 0 Å². The Balaban J connectivity index is 1.33. The second kappa shape index (κ2) is 8.46. The molecule has 0 spiro atoms. The van der Waals surface area contributed by atoms with Gasteiger partial charge >= 0.3 is 6.03 Å². The highest BCUT2D eigenvalue weighted by Gasteiger charge is 2.21. The van der Waals surface area contributed by atoms with Crippen molar-refractivity contribution >= 4 is 17.6 Å². The van der Waals surface area contributed by atoms with Crippen LogP contribution in [-0.4, -0.2) is 18.0 Å². The van der Waals surface area contributed by atoms with Crippen LogP contribution in [0.15, 0.2) is 48.5 Å². The van der Waals surface area contributed by atoms with Crippen molar-refractivity contribution in [3.8, 4) is 0 Å². The fourth-order valence-electron chi connectivity index (χ4n) is 4.27. The number of carbonyl (C=O) groups excluding carboxylic acids is 2. The van der Waals surface area contributed by atoms with Crippen molar-refractivity contribution < 1.29 is 9.59 Å². The maximum absolute atomic E-state index is 12.4. The minimum absolute atomic E-state index is 0.0401. The highest BCUT2D eigenvalue weighted by Crippen LogP contribution is 2.29. The highest BCUT2D eigenvalue weighted by atomic mass is 16.2. The van der Waals surface area contributed by atoms with Crippen LogP contribution in [0, 0.1) is 0 Å². The summed E-state index contributed by atoms with van der Waals surface area (Å²) in [7, 11) is 0. The summed E-state index contributed by atoms with van der Waals surface area (Å²) >= 11 is 0. The minimum Gasteiger partial charge on any atom is -0.349 e. The Bertz CT molecular complexity index is 841. The first-order valence-corrected chi connectivity index (χ1v) is 10.3. The maximum Gasteiger partial charge on any atom is 0.319 e. The lowest BCUT2D eigenvalue weighted by atomic mass is 9.88. The second-order valence-electron chi connectivity index (χ2n) is 7.77. The van der Waals surface area contributed by atoms with E-state index in [1.807, 2.05) is 12.1 Å². The topological polar surface area (TPSA) is 70.2 Å². The van der Waals surface area contributed by atoms with Gasteiger partial charge in [0.15, 0.2) is 0 Å². The number of carbonyl (C=O) groups is 2. The molecule has 1 fully saturated rings. The summed E-state index contributed by atoms with van der Waals surface area (Å²) < 4.78 is 0. The van der Waals surface area contributed by atoms with Crippen molar-refractivity contribution in [2.45, 2.75) is 57.0 Å². The summed E-state index contributed by atoms with van der Waals surface area (Å²) in [5.41, 5.74) is 3.83. The fraction of sp³-hybridized carbons (Fsp3) is 0.391. The molecule has 0 heterocycles. The lowest BCUT2D eigenvalue weighted by Gasteiger charge is -2.26. The Hall–Kier alpha value is -2.82. The third-order valence-electron chi connectivity index (χ3n) is 5.77. The van der Waals surface area contributed by atoms with Gasteiger partial charge in [-0.3, -0.25) is 4.79 Å². The first-order valence-electron chi connectivity index (χ1n) is 10.3. The molecule has 3 N–H and O–H groups in total. The number of urea groups is 1. The molecule has 1 unspecified atom stereocenters. The van der Waals surface area contributed by atoms with Gasteiger partial charge < -0.3 is 16.0 Å². The standard InChI is InChI=1S/C23H27N3O2/c27-22(24-18-8-2-3-9-18)17-12-14-19(15-13-17)25-23(28)26-21-11-5-7-16-6-1-4-10-20(16)21/h1,4,6,10,12-15,18,21H,2-3,5,7-9,11H2,(H,24,27)(H2,25,26,28). The average molecular weight is 377 g/mol. The number of benzene rings is 2. The number of fused-ring (bicyclic) bond motifs is 1. The van der Waals surface area contributed by atoms with Gasteiger partial charge in [0.25, 0.3) is 5.91 Å². The molecule has 28 heavy (non-hydrogen) atoms. The van der Waals surface area contributed by atoms with E-state index in [-0.39, 0.29) is 18.0 Å². The van der Waals surface area contributed by atoms with E-state index in [1.165, 1.54) is 24.0 Å². The third kappa shape index (κ3) is 4.35. The molecule has 5 heteroatoms. The Morgan fingerprint density at radius 2 is 1.57 bits per heavy atom. The van der Waals surface area contributed by atoms with Gasteiger partial charge in [0.2, 0.25) is 0 Å². The summed E-state index contributed by atoms with van der Waals surface area (Å²) in [6.07, 6.45) is 7.60. The first-order chi connectivity index (χ1) is 13.7. The largest absolute Gasteiger partial charge is 0.349 e. The van der Waals surface area contributed by atoms with Gasteiger partial charge in [-0.1, -0.05) is 37.1 Å². The smallest absolute Gasteiger partial charge is 0.319 e. The molecule has 2 aromatic carbocycles. The van der Waals surface area contributed by atoms with Crippen LogP contribution in [0.2, 0.25) is 0 Å². The van der Waals surface area contributed by atoms with Gasteiger partial charge in [0, 0.05) is 17.3 Å². The van der Waals surface area contributed by atoms with E-state index in [2.05, 4.69) is 28.1 Å². The molecule has 1 atom stereocenters. The Labute approximate surface area is 165 Å². The van der Waals surface area contributed by atoms with E-state index in [0.29, 0.717) is 17.3 Å².